The molecule has 0 amide bonds. The lowest BCUT2D eigenvalue weighted by Gasteiger charge is -2.11. The van der Waals surface area contributed by atoms with E-state index in [4.69, 9.17) is 4.74 Å². The zero-order valence-electron chi connectivity index (χ0n) is 12.2. The van der Waals surface area contributed by atoms with E-state index in [0.29, 0.717) is 11.8 Å². The third kappa shape index (κ3) is 4.45. The van der Waals surface area contributed by atoms with Gasteiger partial charge in [0.25, 0.3) is 0 Å². The van der Waals surface area contributed by atoms with Crippen LogP contribution in [0.1, 0.15) is 58.1 Å². The molecule has 0 atom stereocenters. The third-order valence-electron chi connectivity index (χ3n) is 2.63. The van der Waals surface area contributed by atoms with Gasteiger partial charge in [0.2, 0.25) is 0 Å². The number of rotatable bonds is 4. The fourth-order valence-electron chi connectivity index (χ4n) is 1.55. The molecule has 0 aliphatic heterocycles. The van der Waals surface area contributed by atoms with Gasteiger partial charge in [0.05, 0.1) is 12.2 Å². The Morgan fingerprint density at radius 3 is 2.44 bits per heavy atom. The molecular weight excluding hydrogens is 220 g/mol. The molecule has 18 heavy (non-hydrogen) atoms. The molecule has 0 spiro atoms. The lowest BCUT2D eigenvalue weighted by Crippen LogP contribution is -1.99. The summed E-state index contributed by atoms with van der Waals surface area (Å²) < 4.78 is 5.81. The van der Waals surface area contributed by atoms with Crippen LogP contribution in [-0.4, -0.2) is 6.61 Å². The van der Waals surface area contributed by atoms with E-state index in [2.05, 4.69) is 64.7 Å². The summed E-state index contributed by atoms with van der Waals surface area (Å²) in [6.45, 7) is 11.4. The van der Waals surface area contributed by atoms with Crippen molar-refractivity contribution in [3.8, 4) is 17.6 Å². The molecule has 0 unspecified atom stereocenters. The van der Waals surface area contributed by atoms with Crippen molar-refractivity contribution in [1.29, 1.82) is 0 Å². The van der Waals surface area contributed by atoms with Crippen LogP contribution in [0.25, 0.3) is 0 Å². The van der Waals surface area contributed by atoms with Gasteiger partial charge in [-0.25, -0.2) is 0 Å². The van der Waals surface area contributed by atoms with Crippen molar-refractivity contribution in [1.82, 2.24) is 0 Å². The van der Waals surface area contributed by atoms with Crippen LogP contribution in [0, 0.1) is 17.8 Å². The maximum atomic E-state index is 5.81. The van der Waals surface area contributed by atoms with Crippen LogP contribution in [0.5, 0.6) is 5.75 Å². The second-order valence-corrected chi connectivity index (χ2v) is 5.18. The standard InChI is InChI=1S/C17H24O/c1-6-11-18-17-12-16(14(4)5)10-9-15(17)8-7-13(2)3/h9-10,12-14H,6,11H2,1-5H3. The second kappa shape index (κ2) is 7.11. The van der Waals surface area contributed by atoms with Gasteiger partial charge in [-0.3, -0.25) is 0 Å². The van der Waals surface area contributed by atoms with Crippen LogP contribution < -0.4 is 4.74 Å². The first kappa shape index (κ1) is 14.6. The Bertz CT molecular complexity index is 433. The highest BCUT2D eigenvalue weighted by molar-refractivity contribution is 5.48. The first-order chi connectivity index (χ1) is 8.54. The Balaban J connectivity index is 3.05. The molecule has 0 radical (unpaired) electrons. The van der Waals surface area contributed by atoms with Crippen molar-refractivity contribution in [2.45, 2.75) is 47.0 Å². The topological polar surface area (TPSA) is 9.23 Å². The zero-order valence-corrected chi connectivity index (χ0v) is 12.2. The van der Waals surface area contributed by atoms with Gasteiger partial charge in [0, 0.05) is 5.92 Å². The highest BCUT2D eigenvalue weighted by atomic mass is 16.5. The highest BCUT2D eigenvalue weighted by Crippen LogP contribution is 2.24. The third-order valence-corrected chi connectivity index (χ3v) is 2.63. The number of benzene rings is 1. The molecule has 0 saturated carbocycles. The van der Waals surface area contributed by atoms with E-state index in [1.807, 2.05) is 0 Å². The Kier molecular flexibility index (Phi) is 5.78. The normalized spacial score (nSPS) is 10.4. The van der Waals surface area contributed by atoms with Crippen LogP contribution >= 0.6 is 0 Å². The minimum Gasteiger partial charge on any atom is -0.492 e. The van der Waals surface area contributed by atoms with Crippen molar-refractivity contribution < 1.29 is 4.74 Å². The van der Waals surface area contributed by atoms with Crippen LogP contribution in [0.2, 0.25) is 0 Å². The van der Waals surface area contributed by atoms with Gasteiger partial charge in [-0.15, -0.1) is 0 Å². The molecule has 0 aromatic heterocycles. The molecule has 98 valence electrons. The first-order valence-electron chi connectivity index (χ1n) is 6.82. The minimum absolute atomic E-state index is 0.383. The van der Waals surface area contributed by atoms with Crippen molar-refractivity contribution >= 4 is 0 Å². The average Bonchev–Trinajstić information content (AvgIpc) is 2.33. The molecule has 0 heterocycles. The van der Waals surface area contributed by atoms with E-state index in [0.717, 1.165) is 24.3 Å². The molecule has 0 fully saturated rings. The molecule has 0 N–H and O–H groups in total. The molecule has 1 nitrogen and oxygen atoms in total. The van der Waals surface area contributed by atoms with Gasteiger partial charge >= 0.3 is 0 Å². The van der Waals surface area contributed by atoms with E-state index in [-0.39, 0.29) is 0 Å². The lowest BCUT2D eigenvalue weighted by molar-refractivity contribution is 0.316. The molecule has 0 bridgehead atoms. The van der Waals surface area contributed by atoms with Gasteiger partial charge in [-0.05, 0) is 30.0 Å². The van der Waals surface area contributed by atoms with Gasteiger partial charge in [0.1, 0.15) is 5.75 Å². The van der Waals surface area contributed by atoms with E-state index >= 15 is 0 Å². The quantitative estimate of drug-likeness (QED) is 0.703. The van der Waals surface area contributed by atoms with Crippen molar-refractivity contribution in [3.05, 3.63) is 29.3 Å². The number of hydrogen-bond donors (Lipinski definition) is 0. The first-order valence-corrected chi connectivity index (χ1v) is 6.82. The molecule has 0 aliphatic carbocycles. The Hall–Kier alpha value is -1.42. The molecule has 1 rings (SSSR count). The van der Waals surface area contributed by atoms with Crippen LogP contribution in [0.4, 0.5) is 0 Å². The van der Waals surface area contributed by atoms with Crippen molar-refractivity contribution in [2.75, 3.05) is 6.61 Å². The van der Waals surface area contributed by atoms with Crippen LogP contribution in [-0.2, 0) is 0 Å². The van der Waals surface area contributed by atoms with Crippen molar-refractivity contribution in [2.24, 2.45) is 5.92 Å². The largest absolute Gasteiger partial charge is 0.492 e. The SMILES string of the molecule is CCCOc1cc(C(C)C)ccc1C#CC(C)C. The zero-order chi connectivity index (χ0) is 13.5. The monoisotopic (exact) mass is 244 g/mol. The summed E-state index contributed by atoms with van der Waals surface area (Å²) in [6.07, 6.45) is 1.02. The molecule has 1 heteroatoms. The fraction of sp³-hybridized carbons (Fsp3) is 0.529. The fourth-order valence-corrected chi connectivity index (χ4v) is 1.55. The summed E-state index contributed by atoms with van der Waals surface area (Å²) >= 11 is 0. The molecule has 0 aliphatic rings. The summed E-state index contributed by atoms with van der Waals surface area (Å²) in [6, 6.07) is 6.36. The Labute approximate surface area is 112 Å². The summed E-state index contributed by atoms with van der Waals surface area (Å²) in [5, 5.41) is 0. The molecule has 0 saturated heterocycles. The number of ether oxygens (including phenoxy) is 1. The van der Waals surface area contributed by atoms with Gasteiger partial charge in [-0.2, -0.15) is 0 Å². The molecular formula is C17H24O. The van der Waals surface area contributed by atoms with Gasteiger partial charge < -0.3 is 4.74 Å². The van der Waals surface area contributed by atoms with E-state index < -0.39 is 0 Å². The minimum atomic E-state index is 0.383. The van der Waals surface area contributed by atoms with E-state index in [1.54, 1.807) is 0 Å². The molecule has 1 aromatic rings. The molecule has 1 aromatic carbocycles. The summed E-state index contributed by atoms with van der Waals surface area (Å²) in [5.74, 6) is 8.24. The van der Waals surface area contributed by atoms with Gasteiger partial charge in [-0.1, -0.05) is 52.5 Å². The van der Waals surface area contributed by atoms with E-state index in [9.17, 15) is 0 Å². The van der Waals surface area contributed by atoms with Crippen LogP contribution in [0.3, 0.4) is 0 Å². The average molecular weight is 244 g/mol. The van der Waals surface area contributed by atoms with Gasteiger partial charge in [0.15, 0.2) is 0 Å². The van der Waals surface area contributed by atoms with Crippen LogP contribution in [0.15, 0.2) is 18.2 Å². The maximum Gasteiger partial charge on any atom is 0.135 e. The second-order valence-electron chi connectivity index (χ2n) is 5.18. The summed E-state index contributed by atoms with van der Waals surface area (Å²) in [7, 11) is 0. The maximum absolute atomic E-state index is 5.81. The predicted octanol–water partition coefficient (Wildman–Crippen LogP) is 4.61. The van der Waals surface area contributed by atoms with Crippen molar-refractivity contribution in [3.63, 3.8) is 0 Å². The van der Waals surface area contributed by atoms with E-state index in [1.165, 1.54) is 5.56 Å². The Morgan fingerprint density at radius 2 is 1.89 bits per heavy atom. The smallest absolute Gasteiger partial charge is 0.135 e. The summed E-state index contributed by atoms with van der Waals surface area (Å²) in [5.41, 5.74) is 2.30. The number of hydrogen-bond acceptors (Lipinski definition) is 1. The lowest BCUT2D eigenvalue weighted by atomic mass is 10.0. The Morgan fingerprint density at radius 1 is 1.17 bits per heavy atom. The highest BCUT2D eigenvalue weighted by Gasteiger charge is 2.06. The predicted molar refractivity (Wildman–Crippen MR) is 78.0 cm³/mol. The summed E-state index contributed by atoms with van der Waals surface area (Å²) in [4.78, 5) is 0.